The van der Waals surface area contributed by atoms with Crippen LogP contribution in [0, 0.1) is 0 Å². The summed E-state index contributed by atoms with van der Waals surface area (Å²) in [5.74, 6) is 0.215. The highest BCUT2D eigenvalue weighted by molar-refractivity contribution is 6.02. The molecule has 18 heavy (non-hydrogen) atoms. The van der Waals surface area contributed by atoms with Gasteiger partial charge >= 0.3 is 0 Å². The molecule has 0 spiro atoms. The first kappa shape index (κ1) is 11.2. The minimum atomic E-state index is -0.00481. The summed E-state index contributed by atoms with van der Waals surface area (Å²) in [4.78, 5) is 14.5. The zero-order valence-electron chi connectivity index (χ0n) is 10.3. The third-order valence-corrected chi connectivity index (χ3v) is 3.55. The fourth-order valence-corrected chi connectivity index (χ4v) is 2.51. The van der Waals surface area contributed by atoms with Gasteiger partial charge in [0.05, 0.1) is 12.1 Å². The summed E-state index contributed by atoms with van der Waals surface area (Å²) >= 11 is 0. The molecule has 0 aliphatic carbocycles. The molecule has 2 heteroatoms. The average Bonchev–Trinajstić information content (AvgIpc) is 3.11. The molecule has 2 aromatic rings. The maximum absolute atomic E-state index is 12.4. The Morgan fingerprint density at radius 3 is 2.11 bits per heavy atom. The molecule has 0 N–H and O–H groups in total. The molecule has 2 aromatic carbocycles. The van der Waals surface area contributed by atoms with Crippen LogP contribution < -0.4 is 0 Å². The number of Topliss-reactive ketones (excluding diaryl/α,β-unsaturated/α-hetero) is 1. The number of likely N-dealkylation sites (N-methyl/N-ethyl adjacent to an activating group) is 1. The van der Waals surface area contributed by atoms with Crippen molar-refractivity contribution < 1.29 is 4.79 Å². The van der Waals surface area contributed by atoms with Crippen LogP contribution in [-0.4, -0.2) is 23.8 Å². The van der Waals surface area contributed by atoms with Gasteiger partial charge in [-0.1, -0.05) is 60.7 Å². The summed E-state index contributed by atoms with van der Waals surface area (Å²) in [5.41, 5.74) is 2.02. The smallest absolute Gasteiger partial charge is 0.181 e. The van der Waals surface area contributed by atoms with Crippen LogP contribution in [0.15, 0.2) is 60.7 Å². The molecule has 3 rings (SSSR count). The minimum absolute atomic E-state index is 0.00481. The van der Waals surface area contributed by atoms with E-state index in [2.05, 4.69) is 17.0 Å². The van der Waals surface area contributed by atoms with E-state index >= 15 is 0 Å². The number of hydrogen-bond donors (Lipinski definition) is 0. The monoisotopic (exact) mass is 237 g/mol. The summed E-state index contributed by atoms with van der Waals surface area (Å²) in [5, 5.41) is 0. The second-order valence-electron chi connectivity index (χ2n) is 4.70. The van der Waals surface area contributed by atoms with Gasteiger partial charge in [0, 0.05) is 5.56 Å². The minimum Gasteiger partial charge on any atom is -0.292 e. The number of hydrogen-bond acceptors (Lipinski definition) is 2. The Balaban J connectivity index is 1.82. The first-order valence-corrected chi connectivity index (χ1v) is 6.15. The van der Waals surface area contributed by atoms with Crippen LogP contribution >= 0.6 is 0 Å². The molecule has 0 bridgehead atoms. The van der Waals surface area contributed by atoms with E-state index in [1.54, 1.807) is 0 Å². The molecule has 2 nitrogen and oxygen atoms in total. The van der Waals surface area contributed by atoms with Gasteiger partial charge in [-0.3, -0.25) is 9.69 Å². The van der Waals surface area contributed by atoms with Gasteiger partial charge in [-0.15, -0.1) is 0 Å². The van der Waals surface area contributed by atoms with Crippen molar-refractivity contribution in [3.8, 4) is 0 Å². The molecule has 1 fully saturated rings. The first-order chi connectivity index (χ1) is 8.79. The molecule has 1 unspecified atom stereocenters. The Bertz CT molecular complexity index is 550. The van der Waals surface area contributed by atoms with E-state index in [1.165, 1.54) is 5.56 Å². The zero-order valence-corrected chi connectivity index (χ0v) is 10.3. The van der Waals surface area contributed by atoms with E-state index in [1.807, 2.05) is 55.6 Å². The average molecular weight is 237 g/mol. The van der Waals surface area contributed by atoms with E-state index in [-0.39, 0.29) is 17.9 Å². The highest BCUT2D eigenvalue weighted by Crippen LogP contribution is 2.42. The number of nitrogens with zero attached hydrogens (tertiary/aromatic N) is 1. The Morgan fingerprint density at radius 2 is 1.50 bits per heavy atom. The molecule has 1 heterocycles. The SMILES string of the molecule is CN1[C@H](c2ccccc2)[C@@H]1C(=O)c1ccccc1. The second kappa shape index (κ2) is 4.39. The van der Waals surface area contributed by atoms with Crippen LogP contribution in [0.4, 0.5) is 0 Å². The molecule has 1 aliphatic heterocycles. The summed E-state index contributed by atoms with van der Waals surface area (Å²) in [7, 11) is 2.00. The molecule has 0 radical (unpaired) electrons. The van der Waals surface area contributed by atoms with E-state index in [4.69, 9.17) is 0 Å². The number of ketones is 1. The number of carbonyl (C=O) groups is 1. The summed E-state index contributed by atoms with van der Waals surface area (Å²) in [6.45, 7) is 0. The fraction of sp³-hybridized carbons (Fsp3) is 0.188. The lowest BCUT2D eigenvalue weighted by Crippen LogP contribution is -2.11. The summed E-state index contributed by atoms with van der Waals surface area (Å²) in [6.07, 6.45) is 0. The van der Waals surface area contributed by atoms with E-state index in [9.17, 15) is 4.79 Å². The Hall–Kier alpha value is -1.93. The van der Waals surface area contributed by atoms with Crippen LogP contribution in [0.3, 0.4) is 0 Å². The van der Waals surface area contributed by atoms with Crippen molar-refractivity contribution in [3.63, 3.8) is 0 Å². The highest BCUT2D eigenvalue weighted by Gasteiger charge is 2.50. The van der Waals surface area contributed by atoms with Crippen LogP contribution in [0.1, 0.15) is 22.0 Å². The molecule has 0 aromatic heterocycles. The van der Waals surface area contributed by atoms with Crippen molar-refractivity contribution in [1.82, 2.24) is 4.90 Å². The van der Waals surface area contributed by atoms with Crippen molar-refractivity contribution in [1.29, 1.82) is 0 Å². The van der Waals surface area contributed by atoms with Gasteiger partial charge in [0.15, 0.2) is 5.78 Å². The van der Waals surface area contributed by atoms with Gasteiger partial charge in [-0.2, -0.15) is 0 Å². The van der Waals surface area contributed by atoms with E-state index in [0.717, 1.165) is 5.56 Å². The zero-order chi connectivity index (χ0) is 12.5. The van der Waals surface area contributed by atoms with Crippen molar-refractivity contribution in [2.45, 2.75) is 12.1 Å². The summed E-state index contributed by atoms with van der Waals surface area (Å²) < 4.78 is 0. The quantitative estimate of drug-likeness (QED) is 0.604. The van der Waals surface area contributed by atoms with Gasteiger partial charge < -0.3 is 0 Å². The lowest BCUT2D eigenvalue weighted by atomic mass is 10.0. The highest BCUT2D eigenvalue weighted by atomic mass is 16.1. The number of rotatable bonds is 3. The predicted octanol–water partition coefficient (Wildman–Crippen LogP) is 2.92. The van der Waals surface area contributed by atoms with Crippen LogP contribution in [-0.2, 0) is 0 Å². The van der Waals surface area contributed by atoms with Crippen molar-refractivity contribution >= 4 is 5.78 Å². The predicted molar refractivity (Wildman–Crippen MR) is 71.5 cm³/mol. The van der Waals surface area contributed by atoms with Gasteiger partial charge in [-0.25, -0.2) is 0 Å². The van der Waals surface area contributed by atoms with Gasteiger partial charge in [0.2, 0.25) is 0 Å². The first-order valence-electron chi connectivity index (χ1n) is 6.15. The molecule has 1 aliphatic rings. The van der Waals surface area contributed by atoms with Crippen LogP contribution in [0.25, 0.3) is 0 Å². The lowest BCUT2D eigenvalue weighted by molar-refractivity contribution is 0.0977. The van der Waals surface area contributed by atoms with E-state index in [0.29, 0.717) is 0 Å². The van der Waals surface area contributed by atoms with Gasteiger partial charge in [-0.05, 0) is 12.6 Å². The topological polar surface area (TPSA) is 20.1 Å². The molecule has 0 saturated carbocycles. The van der Waals surface area contributed by atoms with Crippen molar-refractivity contribution in [2.24, 2.45) is 0 Å². The maximum atomic E-state index is 12.4. The van der Waals surface area contributed by atoms with Gasteiger partial charge in [0.25, 0.3) is 0 Å². The van der Waals surface area contributed by atoms with Crippen molar-refractivity contribution in [2.75, 3.05) is 7.05 Å². The molecule has 3 atom stereocenters. The van der Waals surface area contributed by atoms with Crippen LogP contribution in [0.2, 0.25) is 0 Å². The second-order valence-corrected chi connectivity index (χ2v) is 4.70. The normalized spacial score (nSPS) is 25.7. The molecule has 0 amide bonds. The molecule has 1 saturated heterocycles. The van der Waals surface area contributed by atoms with Gasteiger partial charge in [0.1, 0.15) is 0 Å². The van der Waals surface area contributed by atoms with E-state index < -0.39 is 0 Å². The number of carbonyl (C=O) groups excluding carboxylic acids is 1. The number of benzene rings is 2. The fourth-order valence-electron chi connectivity index (χ4n) is 2.51. The van der Waals surface area contributed by atoms with Crippen LogP contribution in [0.5, 0.6) is 0 Å². The maximum Gasteiger partial charge on any atom is 0.181 e. The lowest BCUT2D eigenvalue weighted by Gasteiger charge is -1.98. The third-order valence-electron chi connectivity index (χ3n) is 3.55. The molecular weight excluding hydrogens is 222 g/mol. The standard InChI is InChI=1S/C16H15NO/c1-17-14(12-8-4-2-5-9-12)15(17)16(18)13-10-6-3-7-11-13/h2-11,14-15H,1H3/t14-,15-,17?/m1/s1. The Morgan fingerprint density at radius 1 is 0.944 bits per heavy atom. The Labute approximate surface area is 107 Å². The van der Waals surface area contributed by atoms with Crippen molar-refractivity contribution in [3.05, 3.63) is 71.8 Å². The summed E-state index contributed by atoms with van der Waals surface area (Å²) in [6, 6.07) is 20.0. The molecule has 90 valence electrons. The Kier molecular flexibility index (Phi) is 2.73. The molecular formula is C16H15NO. The third kappa shape index (κ3) is 1.85. The largest absolute Gasteiger partial charge is 0.292 e.